The molecule has 1 fully saturated rings. The van der Waals surface area contributed by atoms with Crippen LogP contribution in [0.15, 0.2) is 66.1 Å². The summed E-state index contributed by atoms with van der Waals surface area (Å²) in [6, 6.07) is 16.1. The summed E-state index contributed by atoms with van der Waals surface area (Å²) < 4.78 is 7.38. The van der Waals surface area contributed by atoms with Gasteiger partial charge in [-0.25, -0.2) is 4.98 Å². The van der Waals surface area contributed by atoms with E-state index in [2.05, 4.69) is 39.5 Å². The van der Waals surface area contributed by atoms with E-state index in [9.17, 15) is 4.79 Å². The summed E-state index contributed by atoms with van der Waals surface area (Å²) >= 11 is 1.57. The maximum atomic E-state index is 12.7. The van der Waals surface area contributed by atoms with E-state index in [1.807, 2.05) is 41.3 Å². The van der Waals surface area contributed by atoms with Crippen molar-refractivity contribution < 1.29 is 9.53 Å². The van der Waals surface area contributed by atoms with Gasteiger partial charge in [-0.15, -0.1) is 0 Å². The van der Waals surface area contributed by atoms with E-state index in [0.29, 0.717) is 12.1 Å². The fourth-order valence-corrected chi connectivity index (χ4v) is 4.03. The van der Waals surface area contributed by atoms with Crippen molar-refractivity contribution in [3.8, 4) is 5.69 Å². The van der Waals surface area contributed by atoms with Crippen molar-refractivity contribution in [1.29, 1.82) is 0 Å². The van der Waals surface area contributed by atoms with Crippen molar-refractivity contribution in [3.63, 3.8) is 0 Å². The summed E-state index contributed by atoms with van der Waals surface area (Å²) in [5.41, 5.74) is 3.93. The minimum atomic E-state index is -0.0833. The van der Waals surface area contributed by atoms with Crippen molar-refractivity contribution in [2.45, 2.75) is 18.2 Å². The fraction of sp³-hybridized carbons (Fsp3) is 0.304. The van der Waals surface area contributed by atoms with Gasteiger partial charge in [0.05, 0.1) is 13.2 Å². The number of rotatable bonds is 7. The van der Waals surface area contributed by atoms with Crippen LogP contribution in [0.25, 0.3) is 5.69 Å². The molecule has 1 N–H and O–H groups in total. The molecule has 1 aliphatic rings. The summed E-state index contributed by atoms with van der Waals surface area (Å²) in [6.07, 6.45) is 5.66. The molecule has 0 spiro atoms. The Hall–Kier alpha value is -2.61. The second-order valence-corrected chi connectivity index (χ2v) is 8.00. The lowest BCUT2D eigenvalue weighted by Crippen LogP contribution is -2.35. The number of benzene rings is 2. The van der Waals surface area contributed by atoms with Crippen LogP contribution < -0.4 is 5.32 Å². The van der Waals surface area contributed by atoms with Gasteiger partial charge in [-0.3, -0.25) is 14.3 Å². The van der Waals surface area contributed by atoms with Crippen LogP contribution in [0.5, 0.6) is 0 Å². The third-order valence-corrected chi connectivity index (χ3v) is 5.83. The zero-order chi connectivity index (χ0) is 20.8. The van der Waals surface area contributed by atoms with Crippen LogP contribution in [0.2, 0.25) is 0 Å². The van der Waals surface area contributed by atoms with E-state index >= 15 is 0 Å². The molecule has 0 atom stereocenters. The minimum Gasteiger partial charge on any atom is -0.379 e. The number of nitrogens with zero attached hydrogens (tertiary/aromatic N) is 3. The number of morpholine rings is 1. The molecule has 1 amide bonds. The van der Waals surface area contributed by atoms with Crippen molar-refractivity contribution >= 4 is 17.7 Å². The Bertz CT molecular complexity index is 981. The van der Waals surface area contributed by atoms with E-state index in [0.717, 1.165) is 49.3 Å². The maximum Gasteiger partial charge on any atom is 0.251 e. The first-order valence-electron chi connectivity index (χ1n) is 10.1. The van der Waals surface area contributed by atoms with Gasteiger partial charge in [0.15, 0.2) is 5.16 Å². The number of imidazole rings is 1. The highest BCUT2D eigenvalue weighted by Gasteiger charge is 2.11. The van der Waals surface area contributed by atoms with E-state index in [1.165, 1.54) is 5.56 Å². The molecular weight excluding hydrogens is 396 g/mol. The summed E-state index contributed by atoms with van der Waals surface area (Å²) in [7, 11) is 0. The van der Waals surface area contributed by atoms with Crippen LogP contribution in [-0.4, -0.2) is 52.9 Å². The maximum absolute atomic E-state index is 12.7. The van der Waals surface area contributed by atoms with E-state index < -0.39 is 0 Å². The number of ether oxygens (including phenoxy) is 1. The number of hydrogen-bond donors (Lipinski definition) is 1. The zero-order valence-electron chi connectivity index (χ0n) is 17.1. The lowest BCUT2D eigenvalue weighted by molar-refractivity contribution is 0.0342. The molecule has 3 aromatic rings. The van der Waals surface area contributed by atoms with Gasteiger partial charge >= 0.3 is 0 Å². The Morgan fingerprint density at radius 3 is 2.67 bits per heavy atom. The summed E-state index contributed by atoms with van der Waals surface area (Å²) in [4.78, 5) is 19.4. The van der Waals surface area contributed by atoms with Gasteiger partial charge in [0.2, 0.25) is 0 Å². The van der Waals surface area contributed by atoms with Gasteiger partial charge in [-0.1, -0.05) is 42.1 Å². The average molecular weight is 423 g/mol. The van der Waals surface area contributed by atoms with Crippen molar-refractivity contribution in [2.24, 2.45) is 0 Å². The van der Waals surface area contributed by atoms with E-state index in [1.54, 1.807) is 18.0 Å². The first-order valence-corrected chi connectivity index (χ1v) is 11.3. The number of nitrogens with one attached hydrogen (secondary N) is 1. The highest BCUT2D eigenvalue weighted by atomic mass is 32.2. The molecule has 0 aliphatic carbocycles. The molecule has 1 aliphatic heterocycles. The molecule has 156 valence electrons. The van der Waals surface area contributed by atoms with E-state index in [4.69, 9.17) is 4.74 Å². The Kier molecular flexibility index (Phi) is 6.84. The van der Waals surface area contributed by atoms with E-state index in [-0.39, 0.29) is 5.91 Å². The topological polar surface area (TPSA) is 59.4 Å². The van der Waals surface area contributed by atoms with Crippen LogP contribution in [0, 0.1) is 0 Å². The monoisotopic (exact) mass is 422 g/mol. The Morgan fingerprint density at radius 2 is 1.90 bits per heavy atom. The quantitative estimate of drug-likeness (QED) is 0.592. The van der Waals surface area contributed by atoms with Gasteiger partial charge in [-0.05, 0) is 35.6 Å². The Balaban J connectivity index is 1.35. The van der Waals surface area contributed by atoms with Gasteiger partial charge in [0.25, 0.3) is 5.91 Å². The minimum absolute atomic E-state index is 0.0833. The molecule has 2 heterocycles. The summed E-state index contributed by atoms with van der Waals surface area (Å²) in [6.45, 7) is 5.02. The van der Waals surface area contributed by atoms with Crippen LogP contribution in [-0.2, 0) is 17.8 Å². The normalized spacial score (nSPS) is 14.6. The van der Waals surface area contributed by atoms with Crippen molar-refractivity contribution in [2.75, 3.05) is 32.6 Å². The number of hydrogen-bond acceptors (Lipinski definition) is 5. The largest absolute Gasteiger partial charge is 0.379 e. The van der Waals surface area contributed by atoms with Crippen molar-refractivity contribution in [1.82, 2.24) is 19.8 Å². The zero-order valence-corrected chi connectivity index (χ0v) is 17.9. The SMILES string of the molecule is CSc1nccn1-c1cccc(C(=O)NCc2ccc(CN3CCOCC3)cc2)c1. The molecule has 0 bridgehead atoms. The van der Waals surface area contributed by atoms with Gasteiger partial charge in [-0.2, -0.15) is 0 Å². The fourth-order valence-electron chi connectivity index (χ4n) is 3.50. The lowest BCUT2D eigenvalue weighted by Gasteiger charge is -2.26. The standard InChI is InChI=1S/C23H26N4O2S/c1-30-23-24-9-10-27(23)21-4-2-3-20(15-21)22(28)25-16-18-5-7-19(8-6-18)17-26-11-13-29-14-12-26/h2-10,15H,11-14,16-17H2,1H3,(H,25,28). The van der Waals surface area contributed by atoms with Gasteiger partial charge in [0.1, 0.15) is 0 Å². The highest BCUT2D eigenvalue weighted by molar-refractivity contribution is 7.98. The molecule has 30 heavy (non-hydrogen) atoms. The molecular formula is C23H26N4O2S. The first kappa shape index (κ1) is 20.7. The molecule has 4 rings (SSSR count). The number of aromatic nitrogens is 2. The second-order valence-electron chi connectivity index (χ2n) is 7.22. The molecule has 2 aromatic carbocycles. The lowest BCUT2D eigenvalue weighted by atomic mass is 10.1. The van der Waals surface area contributed by atoms with Crippen LogP contribution in [0.1, 0.15) is 21.5 Å². The molecule has 0 saturated carbocycles. The number of carbonyl (C=O) groups is 1. The molecule has 0 radical (unpaired) electrons. The third-order valence-electron chi connectivity index (χ3n) is 5.16. The first-order chi connectivity index (χ1) is 14.7. The van der Waals surface area contributed by atoms with Crippen LogP contribution in [0.3, 0.4) is 0 Å². The Morgan fingerprint density at radius 1 is 1.13 bits per heavy atom. The number of carbonyl (C=O) groups excluding carboxylic acids is 1. The molecule has 1 aromatic heterocycles. The molecule has 7 heteroatoms. The second kappa shape index (κ2) is 9.93. The van der Waals surface area contributed by atoms with Crippen LogP contribution in [0.4, 0.5) is 0 Å². The van der Waals surface area contributed by atoms with Crippen LogP contribution >= 0.6 is 11.8 Å². The predicted octanol–water partition coefficient (Wildman–Crippen LogP) is 3.36. The van der Waals surface area contributed by atoms with Gasteiger partial charge < -0.3 is 10.1 Å². The molecule has 6 nitrogen and oxygen atoms in total. The third kappa shape index (κ3) is 5.11. The summed E-state index contributed by atoms with van der Waals surface area (Å²) in [5, 5.41) is 3.91. The smallest absolute Gasteiger partial charge is 0.251 e. The number of amides is 1. The highest BCUT2D eigenvalue weighted by Crippen LogP contribution is 2.19. The number of thioether (sulfide) groups is 1. The predicted molar refractivity (Wildman–Crippen MR) is 119 cm³/mol. The Labute approximate surface area is 181 Å². The molecule has 1 saturated heterocycles. The van der Waals surface area contributed by atoms with Crippen molar-refractivity contribution in [3.05, 3.63) is 77.6 Å². The molecule has 0 unspecified atom stereocenters. The van der Waals surface area contributed by atoms with Gasteiger partial charge in [0, 0.05) is 49.8 Å². The average Bonchev–Trinajstić information content (AvgIpc) is 3.28. The summed E-state index contributed by atoms with van der Waals surface area (Å²) in [5.74, 6) is -0.0833.